The molecule has 0 amide bonds. The maximum absolute atomic E-state index is 5.94. The average Bonchev–Trinajstić information content (AvgIpc) is 2.93. The summed E-state index contributed by atoms with van der Waals surface area (Å²) in [5.41, 5.74) is 9.36. The number of anilines is 1. The summed E-state index contributed by atoms with van der Waals surface area (Å²) in [6.07, 6.45) is 2.86. The van der Waals surface area contributed by atoms with Gasteiger partial charge in [-0.2, -0.15) is 0 Å². The Morgan fingerprint density at radius 2 is 1.79 bits per heavy atom. The fourth-order valence-corrected chi connectivity index (χ4v) is 3.02. The van der Waals surface area contributed by atoms with Crippen molar-refractivity contribution in [1.29, 1.82) is 0 Å². The van der Waals surface area contributed by atoms with Crippen LogP contribution in [0.5, 0.6) is 5.75 Å². The molecule has 124 valence electrons. The number of methoxy groups -OCH3 is 1. The number of rotatable bonds is 5. The third kappa shape index (κ3) is 3.62. The Labute approximate surface area is 150 Å². The first-order chi connectivity index (χ1) is 11.6. The van der Waals surface area contributed by atoms with Crippen molar-refractivity contribution in [2.24, 2.45) is 7.05 Å². The predicted molar refractivity (Wildman–Crippen MR) is 100 cm³/mol. The zero-order valence-electron chi connectivity index (χ0n) is 13.7. The van der Waals surface area contributed by atoms with Gasteiger partial charge in [0.2, 0.25) is 0 Å². The maximum Gasteiger partial charge on any atom is 0.200 e. The van der Waals surface area contributed by atoms with Crippen molar-refractivity contribution in [2.75, 3.05) is 12.8 Å². The summed E-state index contributed by atoms with van der Waals surface area (Å²) in [5, 5.41) is 0. The van der Waals surface area contributed by atoms with E-state index < -0.39 is 0 Å². The number of nitrogens with zero attached hydrogens (tertiary/aromatic N) is 2. The second kappa shape index (κ2) is 7.09. The smallest absolute Gasteiger partial charge is 0.200 e. The molecule has 1 aromatic heterocycles. The Morgan fingerprint density at radius 1 is 1.12 bits per heavy atom. The number of aromatic nitrogens is 2. The Balaban J connectivity index is 1.97. The highest BCUT2D eigenvalue weighted by molar-refractivity contribution is 9.10. The van der Waals surface area contributed by atoms with E-state index in [1.54, 1.807) is 7.11 Å². The molecule has 0 bridgehead atoms. The van der Waals surface area contributed by atoms with E-state index in [0.29, 0.717) is 5.95 Å². The lowest BCUT2D eigenvalue weighted by molar-refractivity contribution is 0.414. The van der Waals surface area contributed by atoms with Gasteiger partial charge < -0.3 is 15.0 Å². The number of halogens is 1. The molecule has 4 nitrogen and oxygen atoms in total. The molecule has 1 unspecified atom stereocenters. The molecule has 2 N–H and O–H groups in total. The normalized spacial score (nSPS) is 12.1. The number of benzene rings is 2. The van der Waals surface area contributed by atoms with Gasteiger partial charge in [0.15, 0.2) is 5.95 Å². The van der Waals surface area contributed by atoms with Crippen LogP contribution >= 0.6 is 15.9 Å². The summed E-state index contributed by atoms with van der Waals surface area (Å²) in [5.74, 6) is 1.52. The number of nitrogens with two attached hydrogens (primary N) is 1. The number of hydrogen-bond acceptors (Lipinski definition) is 3. The lowest BCUT2D eigenvalue weighted by Crippen LogP contribution is -2.06. The third-order valence-electron chi connectivity index (χ3n) is 4.16. The first-order valence-corrected chi connectivity index (χ1v) is 8.53. The second-order valence-electron chi connectivity index (χ2n) is 5.79. The van der Waals surface area contributed by atoms with Crippen molar-refractivity contribution >= 4 is 21.9 Å². The highest BCUT2D eigenvalue weighted by atomic mass is 79.9. The number of imidazole rings is 1. The molecule has 0 aliphatic heterocycles. The molecule has 0 fully saturated rings. The van der Waals surface area contributed by atoms with Gasteiger partial charge in [-0.15, -0.1) is 0 Å². The first-order valence-electron chi connectivity index (χ1n) is 7.74. The summed E-state index contributed by atoms with van der Waals surface area (Å²) in [4.78, 5) is 4.54. The lowest BCUT2D eigenvalue weighted by atomic mass is 9.89. The van der Waals surface area contributed by atoms with Crippen molar-refractivity contribution in [2.45, 2.75) is 12.3 Å². The highest BCUT2D eigenvalue weighted by Crippen LogP contribution is 2.30. The van der Waals surface area contributed by atoms with Crippen LogP contribution in [0.2, 0.25) is 0 Å². The number of hydrogen-bond donors (Lipinski definition) is 1. The first kappa shape index (κ1) is 16.6. The standard InChI is InChI=1S/C19H20BrN3O/c1-23-12-18(22-19(23)21)17(11-13-3-7-15(20)8-4-13)14-5-9-16(24-2)10-6-14/h3-10,12,17H,11H2,1-2H3,(H2,21,22). The molecule has 0 saturated heterocycles. The van der Waals surface area contributed by atoms with Crippen LogP contribution in [-0.2, 0) is 13.5 Å². The summed E-state index contributed by atoms with van der Waals surface area (Å²) < 4.78 is 8.20. The van der Waals surface area contributed by atoms with Crippen LogP contribution in [0.4, 0.5) is 5.95 Å². The fraction of sp³-hybridized carbons (Fsp3) is 0.211. The molecule has 0 radical (unpaired) electrons. The van der Waals surface area contributed by atoms with Crippen LogP contribution in [0, 0.1) is 0 Å². The van der Waals surface area contributed by atoms with E-state index in [9.17, 15) is 0 Å². The maximum atomic E-state index is 5.94. The third-order valence-corrected chi connectivity index (χ3v) is 4.69. The Hall–Kier alpha value is -2.27. The van der Waals surface area contributed by atoms with Gasteiger partial charge in [0.05, 0.1) is 12.8 Å². The van der Waals surface area contributed by atoms with Gasteiger partial charge >= 0.3 is 0 Å². The van der Waals surface area contributed by atoms with Crippen LogP contribution in [0.1, 0.15) is 22.7 Å². The molecular weight excluding hydrogens is 366 g/mol. The molecule has 5 heteroatoms. The number of nitrogen functional groups attached to an aromatic ring is 1. The van der Waals surface area contributed by atoms with Crippen molar-refractivity contribution < 1.29 is 4.74 Å². The SMILES string of the molecule is COc1ccc(C(Cc2ccc(Br)cc2)c2cn(C)c(N)n2)cc1. The quantitative estimate of drug-likeness (QED) is 0.717. The summed E-state index contributed by atoms with van der Waals surface area (Å²) in [7, 11) is 3.59. The zero-order valence-corrected chi connectivity index (χ0v) is 15.3. The molecule has 1 atom stereocenters. The van der Waals surface area contributed by atoms with Gasteiger partial charge in [0.1, 0.15) is 5.75 Å². The molecule has 1 heterocycles. The van der Waals surface area contributed by atoms with Crippen LogP contribution in [0.3, 0.4) is 0 Å². The number of ether oxygens (including phenoxy) is 1. The molecule has 0 saturated carbocycles. The van der Waals surface area contributed by atoms with Crippen LogP contribution in [0.25, 0.3) is 0 Å². The average molecular weight is 386 g/mol. The molecule has 0 spiro atoms. The minimum atomic E-state index is 0.139. The molecule has 3 aromatic rings. The van der Waals surface area contributed by atoms with Crippen LogP contribution in [0.15, 0.2) is 59.2 Å². The number of aryl methyl sites for hydroxylation is 1. The van der Waals surface area contributed by atoms with E-state index in [2.05, 4.69) is 57.3 Å². The topological polar surface area (TPSA) is 53.1 Å². The van der Waals surface area contributed by atoms with E-state index in [1.807, 2.05) is 29.9 Å². The summed E-state index contributed by atoms with van der Waals surface area (Å²) >= 11 is 3.48. The Kier molecular flexibility index (Phi) is 4.90. The molecule has 3 rings (SSSR count). The minimum absolute atomic E-state index is 0.139. The van der Waals surface area contributed by atoms with Crippen molar-refractivity contribution in [3.8, 4) is 5.75 Å². The van der Waals surface area contributed by atoms with Gasteiger partial charge in [-0.25, -0.2) is 4.98 Å². The molecule has 24 heavy (non-hydrogen) atoms. The van der Waals surface area contributed by atoms with Gasteiger partial charge in [-0.05, 0) is 41.8 Å². The monoisotopic (exact) mass is 385 g/mol. The van der Waals surface area contributed by atoms with E-state index in [0.717, 1.165) is 22.3 Å². The summed E-state index contributed by atoms with van der Waals surface area (Å²) in [6.45, 7) is 0. The van der Waals surface area contributed by atoms with E-state index in [4.69, 9.17) is 10.5 Å². The molecule has 2 aromatic carbocycles. The van der Waals surface area contributed by atoms with Crippen LogP contribution in [-0.4, -0.2) is 16.7 Å². The largest absolute Gasteiger partial charge is 0.497 e. The molecule has 0 aliphatic carbocycles. The van der Waals surface area contributed by atoms with Crippen molar-refractivity contribution in [3.05, 3.63) is 76.0 Å². The van der Waals surface area contributed by atoms with E-state index in [1.165, 1.54) is 11.1 Å². The minimum Gasteiger partial charge on any atom is -0.497 e. The lowest BCUT2D eigenvalue weighted by Gasteiger charge is -2.16. The fourth-order valence-electron chi connectivity index (χ4n) is 2.76. The van der Waals surface area contributed by atoms with Crippen molar-refractivity contribution in [1.82, 2.24) is 9.55 Å². The Morgan fingerprint density at radius 3 is 2.33 bits per heavy atom. The van der Waals surface area contributed by atoms with E-state index >= 15 is 0 Å². The van der Waals surface area contributed by atoms with Gasteiger partial charge in [-0.3, -0.25) is 0 Å². The van der Waals surface area contributed by atoms with Crippen molar-refractivity contribution in [3.63, 3.8) is 0 Å². The van der Waals surface area contributed by atoms with Gasteiger partial charge in [0, 0.05) is 23.6 Å². The van der Waals surface area contributed by atoms with Gasteiger partial charge in [-0.1, -0.05) is 40.2 Å². The second-order valence-corrected chi connectivity index (χ2v) is 6.71. The Bertz CT molecular complexity index is 790. The highest BCUT2D eigenvalue weighted by Gasteiger charge is 2.19. The van der Waals surface area contributed by atoms with Gasteiger partial charge in [0.25, 0.3) is 0 Å². The predicted octanol–water partition coefficient (Wildman–Crippen LogP) is 4.15. The van der Waals surface area contributed by atoms with E-state index in [-0.39, 0.29) is 5.92 Å². The molecular formula is C19H20BrN3O. The molecule has 0 aliphatic rings. The zero-order chi connectivity index (χ0) is 17.1. The van der Waals surface area contributed by atoms with Crippen LogP contribution < -0.4 is 10.5 Å². The summed E-state index contributed by atoms with van der Waals surface area (Å²) in [6, 6.07) is 16.5.